The number of pyridine rings is 1. The van der Waals surface area contributed by atoms with Gasteiger partial charge in [0.05, 0.1) is 74.2 Å². The summed E-state index contributed by atoms with van der Waals surface area (Å²) in [7, 11) is 0. The molecule has 7 amide bonds. The van der Waals surface area contributed by atoms with Gasteiger partial charge in [-0.05, 0) is 59.2 Å². The number of carboxylic acid groups (broad SMARTS) is 6. The maximum Gasteiger partial charge on any atom is 0.408 e. The van der Waals surface area contributed by atoms with Crippen LogP contribution in [0.1, 0.15) is 134 Å². The highest BCUT2D eigenvalue weighted by molar-refractivity contribution is 7.14. The molecule has 6 aromatic rings. The maximum absolute atomic E-state index is 13.4. The Hall–Kier alpha value is -16.3. The fraction of sp³-hybridized carbons (Fsp3) is 0.368. The lowest BCUT2D eigenvalue weighted by molar-refractivity contribution is -0.256. The van der Waals surface area contributed by atoms with Crippen LogP contribution < -0.4 is 33.3 Å². The quantitative estimate of drug-likeness (QED) is 0.00421. The molecule has 5 unspecified atom stereocenters. The monoisotopic (exact) mass is 1950 g/mol. The zero-order chi connectivity index (χ0) is 99.5. The molecule has 59 heteroatoms. The normalized spacial score (nSPS) is 22.3. The third kappa shape index (κ3) is 20.6. The number of aromatic nitrogens is 4. The average Bonchev–Trinajstić information content (AvgIpc) is 1.57. The molecular formula is C76H74N16O40S3. The number of nitrogen functional groups attached to an aromatic ring is 3. The molecule has 18 N–H and O–H groups in total. The number of cyclic esters (lactones) is 3. The topological polar surface area (TPSA) is 832 Å². The standard InChI is InChI=1S/C26H23N5O14S.C26H27N5O12S.C24H24N6O14S/c1-25(2,22(39)40)45-29-17(12-8-46-24(27)28-12)16(34)3-9-7-43-31(18(9)35)26(23(41)42)6-13(21(38)44-26)30-19(36)10-4-14(32)15(33)5-11(10)20(30)37;1-25(2,21(35)36)43-30-18(16-12-44-23(27)28-16)17(32)8-14-11-41-31(19(14)33)26(22(37)38)9-15(20(34)42-26)29-24(39)40-10-13-6-4-3-5-7-13;1-23(2,20(37)38)44-28-16(11-8-45-22(25)27-11)14(32)3-9-7-42-30(18(9)35)24(21(39)40)5-10(19(36)43-24)26-17(34)12-4-13(31)15(33)6-29(12)41/h4-5,8-9,13,32-33H,3,6-7H2,1-2H3,(H2,27,28)(H,39,40)(H,41,42);3-7,12,14-15H,8-11H2,1-2H3,(H2,27,28)(H,29,39)(H,35,36)(H,37,38);4,6,8-10,33,41H,3,5,7H2,1-2H3,(H2,25,27)(H,26,34)(H,37,38)(H,39,40)/b29-17-;30-18-;28-16-/t9-,13-,26?;14-,15?,26?;9-,10?,24?/m000/s1. The van der Waals surface area contributed by atoms with E-state index in [1.807, 2.05) is 0 Å². The van der Waals surface area contributed by atoms with Crippen LogP contribution in [0.2, 0.25) is 0 Å². The average molecular weight is 1950 g/mol. The number of hydrogen-bond acceptors (Lipinski definition) is 46. The molecule has 0 aliphatic carbocycles. The number of nitrogens with one attached hydrogen (secondary N) is 2. The minimum Gasteiger partial charge on any atom is -0.504 e. The number of nitrogens with zero attached hydrogens (tertiary/aromatic N) is 11. The molecule has 7 aliphatic rings. The van der Waals surface area contributed by atoms with Gasteiger partial charge in [0.25, 0.3) is 35.4 Å². The molecule has 13 rings (SSSR count). The number of amides is 7. The fourth-order valence-corrected chi connectivity index (χ4v) is 14.5. The van der Waals surface area contributed by atoms with E-state index in [1.165, 1.54) is 57.7 Å². The molecule has 135 heavy (non-hydrogen) atoms. The second kappa shape index (κ2) is 38.6. The number of phenols is 2. The van der Waals surface area contributed by atoms with Gasteiger partial charge in [0.15, 0.2) is 67.1 Å². The number of hydrogen-bond donors (Lipinski definition) is 15. The van der Waals surface area contributed by atoms with Gasteiger partial charge in [0.1, 0.15) is 47.5 Å². The number of carbonyl (C=O) groups is 19. The molecule has 7 aliphatic heterocycles. The number of benzene rings is 2. The Morgan fingerprint density at radius 1 is 0.496 bits per heavy atom. The van der Waals surface area contributed by atoms with Crippen LogP contribution in [0.3, 0.4) is 0 Å². The van der Waals surface area contributed by atoms with Crippen LogP contribution in [0.15, 0.2) is 91.1 Å². The Balaban J connectivity index is 0.000000195. The number of ether oxygens (including phenoxy) is 4. The molecule has 2 aromatic carbocycles. The predicted molar refractivity (Wildman–Crippen MR) is 437 cm³/mol. The summed E-state index contributed by atoms with van der Waals surface area (Å²) in [5.41, 5.74) is -0.407. The number of thiazole rings is 3. The molecule has 0 bridgehead atoms. The number of phenolic OH excluding ortho intramolecular Hbond substituents is 2. The molecule has 4 aromatic heterocycles. The number of aromatic hydroxyl groups is 3. The van der Waals surface area contributed by atoms with E-state index in [0.717, 1.165) is 46.1 Å². The van der Waals surface area contributed by atoms with Crippen molar-refractivity contribution >= 4 is 179 Å². The highest BCUT2D eigenvalue weighted by Crippen LogP contribution is 2.44. The Morgan fingerprint density at radius 2 is 0.844 bits per heavy atom. The smallest absolute Gasteiger partial charge is 0.408 e. The summed E-state index contributed by atoms with van der Waals surface area (Å²) in [4.78, 5) is 295. The van der Waals surface area contributed by atoms with Gasteiger partial charge >= 0.3 is 77.0 Å². The largest absolute Gasteiger partial charge is 0.504 e. The van der Waals surface area contributed by atoms with E-state index in [9.17, 15) is 147 Å². The third-order valence-corrected chi connectivity index (χ3v) is 22.4. The van der Waals surface area contributed by atoms with Gasteiger partial charge < -0.3 is 112 Å². The summed E-state index contributed by atoms with van der Waals surface area (Å²) in [5, 5.41) is 117. The fourth-order valence-electron chi connectivity index (χ4n) is 12.9. The number of esters is 3. The first-order valence-corrected chi connectivity index (χ1v) is 41.2. The molecule has 0 saturated carbocycles. The van der Waals surface area contributed by atoms with Gasteiger partial charge in [-0.1, -0.05) is 45.8 Å². The number of imide groups is 1. The minimum absolute atomic E-state index is 0.0344. The number of nitrogens with two attached hydrogens (primary N) is 3. The lowest BCUT2D eigenvalue weighted by atomic mass is 9.98. The number of Topliss-reactive ketones (excluding diaryl/α,β-unsaturated/α-hetero) is 3. The van der Waals surface area contributed by atoms with Crippen LogP contribution >= 0.6 is 34.0 Å². The lowest BCUT2D eigenvalue weighted by Crippen LogP contribution is -2.56. The van der Waals surface area contributed by atoms with Crippen LogP contribution in [-0.4, -0.2) is 293 Å². The highest BCUT2D eigenvalue weighted by atomic mass is 32.1. The van der Waals surface area contributed by atoms with Crippen molar-refractivity contribution in [3.05, 3.63) is 121 Å². The van der Waals surface area contributed by atoms with Crippen molar-refractivity contribution in [3.8, 4) is 17.2 Å². The van der Waals surface area contributed by atoms with Gasteiger partial charge in [-0.2, -0.15) is 19.9 Å². The molecule has 0 radical (unpaired) electrons. The maximum atomic E-state index is 13.4. The van der Waals surface area contributed by atoms with Crippen LogP contribution in [0.4, 0.5) is 20.2 Å². The predicted octanol–water partition coefficient (Wildman–Crippen LogP) is -1.57. The van der Waals surface area contributed by atoms with Gasteiger partial charge in [0.2, 0.25) is 22.2 Å². The number of anilines is 3. The van der Waals surface area contributed by atoms with Crippen LogP contribution in [0, 0.1) is 17.8 Å². The molecule has 6 fully saturated rings. The molecule has 56 nitrogen and oxygen atoms in total. The van der Waals surface area contributed by atoms with Crippen LogP contribution in [0.5, 0.6) is 17.2 Å². The Labute approximate surface area is 763 Å². The Bertz CT molecular complexity index is 6080. The highest BCUT2D eigenvalue weighted by Gasteiger charge is 2.67. The molecular weight excluding hydrogens is 1870 g/mol. The number of carboxylic acids is 6. The van der Waals surface area contributed by atoms with E-state index in [4.69, 9.17) is 65.2 Å². The Morgan fingerprint density at radius 3 is 1.19 bits per heavy atom. The summed E-state index contributed by atoms with van der Waals surface area (Å²) >= 11 is 2.84. The number of alkyl carbamates (subject to hydrolysis) is 1. The van der Waals surface area contributed by atoms with E-state index in [1.54, 1.807) is 30.3 Å². The molecule has 11 heterocycles. The summed E-state index contributed by atoms with van der Waals surface area (Å²) in [6.45, 7) is 5.30. The van der Waals surface area contributed by atoms with Gasteiger partial charge in [-0.25, -0.2) is 62.9 Å². The second-order valence-corrected chi connectivity index (χ2v) is 33.7. The lowest BCUT2D eigenvalue weighted by Gasteiger charge is -2.31. The van der Waals surface area contributed by atoms with Crippen LogP contribution in [0.25, 0.3) is 0 Å². The van der Waals surface area contributed by atoms with Crippen molar-refractivity contribution in [1.29, 1.82) is 0 Å². The van der Waals surface area contributed by atoms with Gasteiger partial charge in [0, 0.05) is 41.5 Å². The summed E-state index contributed by atoms with van der Waals surface area (Å²) in [5.74, 6) is -29.2. The SMILES string of the molecule is CC(C)(O/N=C(\C(=O)C[C@H]1CON(C2(C(=O)O)CC(NC(=O)OCc3ccccc3)C(=O)O2)C1=O)c1csc(N)n1)C(=O)O.CC(C)(O/N=C(\C(=O)C[C@H]1CON(C2(C(=O)O)CC(NC(=O)c3cc(=O)c(O)cn3O)C(=O)O2)C1=O)c1csc(N)n1)C(=O)O.CC(C)(O/N=C(\C(=O)C[C@H]1CON(C2(C(=O)O)C[C@H](N3C(=O)c4cc(O)c(O)cc4C3=O)C(=O)O2)C1=O)c1csc(N)n1)C(=O)O. The van der Waals surface area contributed by atoms with E-state index >= 15 is 0 Å². The van der Waals surface area contributed by atoms with Crippen molar-refractivity contribution < 1.29 is 190 Å². The molecule has 716 valence electrons. The van der Waals surface area contributed by atoms with E-state index in [0.29, 0.717) is 27.8 Å². The first-order valence-electron chi connectivity index (χ1n) is 38.6. The number of rotatable bonds is 33. The van der Waals surface area contributed by atoms with E-state index in [2.05, 4.69) is 41.1 Å². The van der Waals surface area contributed by atoms with Crippen molar-refractivity contribution in [2.75, 3.05) is 37.0 Å². The number of carbonyl (C=O) groups excluding carboxylic acids is 13. The number of oxime groups is 3. The first kappa shape index (κ1) is 99.3. The Kier molecular flexibility index (Phi) is 28.4. The van der Waals surface area contributed by atoms with Gasteiger partial charge in [-0.15, -0.1) is 34.0 Å². The van der Waals surface area contributed by atoms with E-state index < -0.39 is 286 Å². The second-order valence-electron chi connectivity index (χ2n) is 31.1. The molecule has 9 atom stereocenters. The molecule has 0 spiro atoms. The zero-order valence-corrected chi connectivity index (χ0v) is 72.5. The summed E-state index contributed by atoms with van der Waals surface area (Å²) in [6.07, 6.45) is -5.05. The van der Waals surface area contributed by atoms with Crippen LogP contribution in [-0.2, 0) is 126 Å². The van der Waals surface area contributed by atoms with Crippen molar-refractivity contribution in [3.63, 3.8) is 0 Å². The number of aliphatic carboxylic acids is 6. The number of fused-ring (bicyclic) bond motifs is 1. The summed E-state index contributed by atoms with van der Waals surface area (Å²) < 4.78 is 20.3. The van der Waals surface area contributed by atoms with Crippen molar-refractivity contribution in [1.82, 2.24) is 50.4 Å². The third-order valence-electron chi connectivity index (χ3n) is 20.3. The number of ketones is 3. The number of hydroxylamine groups is 6. The zero-order valence-electron chi connectivity index (χ0n) is 70.1. The van der Waals surface area contributed by atoms with Crippen molar-refractivity contribution in [2.45, 2.75) is 139 Å². The first-order chi connectivity index (χ1) is 63.2. The molecule has 6 saturated heterocycles. The van der Waals surface area contributed by atoms with Crippen molar-refractivity contribution in [2.24, 2.45) is 33.2 Å². The van der Waals surface area contributed by atoms with E-state index in [-0.39, 0.29) is 65.1 Å². The van der Waals surface area contributed by atoms with Gasteiger partial charge in [-0.3, -0.25) is 67.4 Å². The minimum atomic E-state index is -2.87. The summed E-state index contributed by atoms with van der Waals surface area (Å²) in [6, 6.07) is 5.70.